The molecule has 0 saturated carbocycles. The quantitative estimate of drug-likeness (QED) is 0.727. The van der Waals surface area contributed by atoms with Crippen molar-refractivity contribution in [3.8, 4) is 5.75 Å². The van der Waals surface area contributed by atoms with E-state index >= 15 is 0 Å². The van der Waals surface area contributed by atoms with E-state index in [2.05, 4.69) is 51.6 Å². The third kappa shape index (κ3) is 5.27. The molecule has 2 aromatic carbocycles. The molecule has 0 aliphatic heterocycles. The molecule has 0 heterocycles. The third-order valence-corrected chi connectivity index (χ3v) is 3.80. The fraction of sp³-hybridized carbons (Fsp3) is 0.250. The van der Waals surface area contributed by atoms with Crippen LogP contribution in [-0.4, -0.2) is 13.7 Å². The fourth-order valence-corrected chi connectivity index (χ4v) is 2.31. The summed E-state index contributed by atoms with van der Waals surface area (Å²) in [6.07, 6.45) is 1.02. The van der Waals surface area contributed by atoms with Crippen molar-refractivity contribution in [3.63, 3.8) is 0 Å². The zero-order valence-electron chi connectivity index (χ0n) is 11.4. The molecule has 0 aliphatic rings. The molecule has 0 aliphatic carbocycles. The minimum Gasteiger partial charge on any atom is -0.497 e. The number of hydrogen-bond acceptors (Lipinski definition) is 2. The van der Waals surface area contributed by atoms with E-state index in [1.54, 1.807) is 7.11 Å². The normalized spacial score (nSPS) is 9.90. The highest BCUT2D eigenvalue weighted by molar-refractivity contribution is 9.10. The molecule has 0 bridgehead atoms. The maximum Gasteiger partial charge on any atom is 0.118 e. The Labute approximate surface area is 139 Å². The van der Waals surface area contributed by atoms with Gasteiger partial charge in [0.1, 0.15) is 5.75 Å². The molecule has 1 N–H and O–H groups in total. The summed E-state index contributed by atoms with van der Waals surface area (Å²) < 4.78 is 6.30. The van der Waals surface area contributed by atoms with E-state index in [0.29, 0.717) is 0 Å². The Morgan fingerprint density at radius 1 is 1.05 bits per heavy atom. The molecule has 0 amide bonds. The molecule has 0 radical (unpaired) electrons. The summed E-state index contributed by atoms with van der Waals surface area (Å²) in [7, 11) is 1.69. The SMILES string of the molecule is Br.COc1ccc(CCNCc2ccccc2Br)cc1. The van der Waals surface area contributed by atoms with Crippen LogP contribution in [0.4, 0.5) is 0 Å². The van der Waals surface area contributed by atoms with Crippen LogP contribution in [0.1, 0.15) is 11.1 Å². The second kappa shape index (κ2) is 9.16. The van der Waals surface area contributed by atoms with Gasteiger partial charge in [0.2, 0.25) is 0 Å². The molecule has 108 valence electrons. The van der Waals surface area contributed by atoms with Crippen molar-refractivity contribution in [2.45, 2.75) is 13.0 Å². The van der Waals surface area contributed by atoms with Crippen LogP contribution >= 0.6 is 32.9 Å². The highest BCUT2D eigenvalue weighted by atomic mass is 79.9. The van der Waals surface area contributed by atoms with E-state index in [4.69, 9.17) is 4.74 Å². The Hall–Kier alpha value is -0.840. The molecule has 0 aromatic heterocycles. The highest BCUT2D eigenvalue weighted by Crippen LogP contribution is 2.15. The molecular weight excluding hydrogens is 382 g/mol. The summed E-state index contributed by atoms with van der Waals surface area (Å²) in [5.41, 5.74) is 2.61. The van der Waals surface area contributed by atoms with E-state index < -0.39 is 0 Å². The van der Waals surface area contributed by atoms with Crippen molar-refractivity contribution in [3.05, 3.63) is 64.1 Å². The van der Waals surface area contributed by atoms with Gasteiger partial charge in [0.05, 0.1) is 7.11 Å². The first kappa shape index (κ1) is 17.2. The molecular formula is C16H19Br2NO. The predicted molar refractivity (Wildman–Crippen MR) is 92.9 cm³/mol. The van der Waals surface area contributed by atoms with Gasteiger partial charge in [0, 0.05) is 11.0 Å². The predicted octanol–water partition coefficient (Wildman–Crippen LogP) is 4.37. The molecule has 4 heteroatoms. The van der Waals surface area contributed by atoms with Gasteiger partial charge in [0.25, 0.3) is 0 Å². The van der Waals surface area contributed by atoms with Gasteiger partial charge in [0.15, 0.2) is 0 Å². The van der Waals surface area contributed by atoms with E-state index in [9.17, 15) is 0 Å². The van der Waals surface area contributed by atoms with Gasteiger partial charge in [-0.25, -0.2) is 0 Å². The Morgan fingerprint density at radius 2 is 1.75 bits per heavy atom. The van der Waals surface area contributed by atoms with Gasteiger partial charge in [-0.05, 0) is 42.3 Å². The summed E-state index contributed by atoms with van der Waals surface area (Å²) in [6, 6.07) is 16.5. The Kier molecular flexibility index (Phi) is 7.88. The maximum absolute atomic E-state index is 5.14. The van der Waals surface area contributed by atoms with Gasteiger partial charge >= 0.3 is 0 Å². The van der Waals surface area contributed by atoms with Crippen LogP contribution in [0.15, 0.2) is 53.0 Å². The number of hydrogen-bond donors (Lipinski definition) is 1. The summed E-state index contributed by atoms with van der Waals surface area (Å²) in [5, 5.41) is 3.46. The fourth-order valence-electron chi connectivity index (χ4n) is 1.89. The molecule has 0 atom stereocenters. The molecule has 0 spiro atoms. The van der Waals surface area contributed by atoms with E-state index in [1.165, 1.54) is 11.1 Å². The van der Waals surface area contributed by atoms with Crippen LogP contribution in [-0.2, 0) is 13.0 Å². The summed E-state index contributed by atoms with van der Waals surface area (Å²) in [5.74, 6) is 0.907. The third-order valence-electron chi connectivity index (χ3n) is 3.02. The van der Waals surface area contributed by atoms with Gasteiger partial charge < -0.3 is 10.1 Å². The molecule has 0 fully saturated rings. The van der Waals surface area contributed by atoms with Crippen molar-refractivity contribution in [2.24, 2.45) is 0 Å². The lowest BCUT2D eigenvalue weighted by molar-refractivity contribution is 0.414. The zero-order chi connectivity index (χ0) is 13.5. The average Bonchev–Trinajstić information content (AvgIpc) is 2.46. The van der Waals surface area contributed by atoms with Crippen LogP contribution in [0.5, 0.6) is 5.75 Å². The molecule has 2 nitrogen and oxygen atoms in total. The second-order valence-corrected chi connectivity index (χ2v) is 5.22. The Bertz CT molecular complexity index is 514. The number of ether oxygens (including phenoxy) is 1. The average molecular weight is 401 g/mol. The molecule has 0 saturated heterocycles. The summed E-state index contributed by atoms with van der Waals surface area (Å²) in [4.78, 5) is 0. The molecule has 2 aromatic rings. The Morgan fingerprint density at radius 3 is 2.40 bits per heavy atom. The van der Waals surface area contributed by atoms with Crippen molar-refractivity contribution in [2.75, 3.05) is 13.7 Å². The summed E-state index contributed by atoms with van der Waals surface area (Å²) >= 11 is 3.56. The van der Waals surface area contributed by atoms with Gasteiger partial charge in [-0.3, -0.25) is 0 Å². The second-order valence-electron chi connectivity index (χ2n) is 4.37. The van der Waals surface area contributed by atoms with Crippen molar-refractivity contribution in [1.29, 1.82) is 0 Å². The maximum atomic E-state index is 5.14. The lowest BCUT2D eigenvalue weighted by atomic mass is 10.1. The van der Waals surface area contributed by atoms with Crippen LogP contribution in [0.25, 0.3) is 0 Å². The number of halogens is 2. The topological polar surface area (TPSA) is 21.3 Å². The number of rotatable bonds is 6. The largest absolute Gasteiger partial charge is 0.497 e. The van der Waals surface area contributed by atoms with E-state index in [0.717, 1.165) is 29.7 Å². The molecule has 2 rings (SSSR count). The van der Waals surface area contributed by atoms with Crippen LogP contribution < -0.4 is 10.1 Å². The minimum absolute atomic E-state index is 0. The van der Waals surface area contributed by atoms with Crippen LogP contribution in [0.2, 0.25) is 0 Å². The first-order valence-corrected chi connectivity index (χ1v) is 7.16. The first-order valence-electron chi connectivity index (χ1n) is 6.36. The highest BCUT2D eigenvalue weighted by Gasteiger charge is 1.98. The molecule has 0 unspecified atom stereocenters. The van der Waals surface area contributed by atoms with Gasteiger partial charge in [-0.2, -0.15) is 0 Å². The van der Waals surface area contributed by atoms with Crippen LogP contribution in [0, 0.1) is 0 Å². The van der Waals surface area contributed by atoms with E-state index in [1.807, 2.05) is 18.2 Å². The molecule has 20 heavy (non-hydrogen) atoms. The Balaban J connectivity index is 0.00000200. The van der Waals surface area contributed by atoms with Crippen molar-refractivity contribution < 1.29 is 4.74 Å². The standard InChI is InChI=1S/C16H18BrNO.BrH/c1-19-15-8-6-13(7-9-15)10-11-18-12-14-4-2-3-5-16(14)17;/h2-9,18H,10-12H2,1H3;1H. The van der Waals surface area contributed by atoms with Gasteiger partial charge in [-0.1, -0.05) is 46.3 Å². The van der Waals surface area contributed by atoms with E-state index in [-0.39, 0.29) is 17.0 Å². The monoisotopic (exact) mass is 399 g/mol. The van der Waals surface area contributed by atoms with Crippen molar-refractivity contribution in [1.82, 2.24) is 5.32 Å². The smallest absolute Gasteiger partial charge is 0.118 e. The van der Waals surface area contributed by atoms with Crippen LogP contribution in [0.3, 0.4) is 0 Å². The lowest BCUT2D eigenvalue weighted by Crippen LogP contribution is -2.16. The lowest BCUT2D eigenvalue weighted by Gasteiger charge is -2.07. The van der Waals surface area contributed by atoms with Gasteiger partial charge in [-0.15, -0.1) is 17.0 Å². The van der Waals surface area contributed by atoms with Crippen molar-refractivity contribution >= 4 is 32.9 Å². The number of methoxy groups -OCH3 is 1. The minimum atomic E-state index is 0. The summed E-state index contributed by atoms with van der Waals surface area (Å²) in [6.45, 7) is 1.85. The number of benzene rings is 2. The first-order chi connectivity index (χ1) is 9.29. The zero-order valence-corrected chi connectivity index (χ0v) is 14.7. The number of nitrogens with one attached hydrogen (secondary N) is 1.